The Morgan fingerprint density at radius 2 is 1.68 bits per heavy atom. The summed E-state index contributed by atoms with van der Waals surface area (Å²) in [6.07, 6.45) is 1.41. The zero-order valence-electron chi connectivity index (χ0n) is 16.6. The van der Waals surface area contributed by atoms with Crippen molar-refractivity contribution in [3.63, 3.8) is 0 Å². The summed E-state index contributed by atoms with van der Waals surface area (Å²) < 4.78 is 1.41. The van der Waals surface area contributed by atoms with E-state index >= 15 is 0 Å². The van der Waals surface area contributed by atoms with Crippen molar-refractivity contribution in [2.45, 2.75) is 6.92 Å². The Morgan fingerprint density at radius 1 is 1.00 bits per heavy atom. The number of nitrogens with zero attached hydrogens (tertiary/aromatic N) is 1. The van der Waals surface area contributed by atoms with Gasteiger partial charge in [0.2, 0.25) is 0 Å². The lowest BCUT2D eigenvalue weighted by molar-refractivity contribution is -0.119. The molecule has 0 aliphatic carbocycles. The van der Waals surface area contributed by atoms with E-state index in [2.05, 4.69) is 72.0 Å². The number of aromatic hydroxyl groups is 1. The van der Waals surface area contributed by atoms with E-state index in [9.17, 15) is 9.90 Å². The summed E-state index contributed by atoms with van der Waals surface area (Å²) in [5.41, 5.74) is 4.69. The number of fused-ring (bicyclic) bond motifs is 2. The van der Waals surface area contributed by atoms with Crippen LogP contribution in [-0.2, 0) is 4.79 Å². The van der Waals surface area contributed by atoms with Crippen LogP contribution in [0.3, 0.4) is 0 Å². The number of amides is 1. The molecule has 0 spiro atoms. The van der Waals surface area contributed by atoms with Crippen LogP contribution in [0.25, 0.3) is 21.5 Å². The molecule has 0 fully saturated rings. The van der Waals surface area contributed by atoms with Gasteiger partial charge in [-0.3, -0.25) is 4.79 Å². The van der Waals surface area contributed by atoms with Gasteiger partial charge in [0.1, 0.15) is 5.75 Å². The number of benzene rings is 4. The lowest BCUT2D eigenvalue weighted by atomic mass is 10.0. The fourth-order valence-corrected chi connectivity index (χ4v) is 4.42. The van der Waals surface area contributed by atoms with Gasteiger partial charge in [0.15, 0.2) is 0 Å². The van der Waals surface area contributed by atoms with Crippen LogP contribution in [0.2, 0.25) is 0 Å². The maximum atomic E-state index is 12.1. The normalized spacial score (nSPS) is 11.3. The first kappa shape index (κ1) is 21.3. The number of carbonyl (C=O) groups is 1. The maximum Gasteiger partial charge on any atom is 0.259 e. The van der Waals surface area contributed by atoms with E-state index < -0.39 is 0 Å². The molecule has 0 aliphatic heterocycles. The second kappa shape index (κ2) is 9.08. The summed E-state index contributed by atoms with van der Waals surface area (Å²) in [6.45, 7) is 1.95. The molecule has 4 aromatic rings. The first-order chi connectivity index (χ1) is 14.9. The number of hydrogen-bond acceptors (Lipinski definition) is 4. The quantitative estimate of drug-likeness (QED) is 0.163. The first-order valence-corrected chi connectivity index (χ1v) is 11.2. The minimum atomic E-state index is -0.292. The Kier molecular flexibility index (Phi) is 6.25. The van der Waals surface area contributed by atoms with Gasteiger partial charge in [-0.1, -0.05) is 46.3 Å². The third kappa shape index (κ3) is 4.73. The molecule has 0 atom stereocenters. The van der Waals surface area contributed by atoms with E-state index in [1.165, 1.54) is 17.0 Å². The maximum absolute atomic E-state index is 12.1. The van der Waals surface area contributed by atoms with Gasteiger partial charge in [-0.25, -0.2) is 5.43 Å². The molecular weight excluding hydrogens is 522 g/mol. The molecule has 0 aliphatic rings. The molecule has 4 rings (SSSR count). The lowest BCUT2D eigenvalue weighted by Crippen LogP contribution is -2.25. The molecule has 7 heteroatoms. The highest BCUT2D eigenvalue weighted by Crippen LogP contribution is 2.35. The van der Waals surface area contributed by atoms with E-state index in [1.807, 2.05) is 37.3 Å². The molecule has 0 unspecified atom stereocenters. The van der Waals surface area contributed by atoms with Crippen molar-refractivity contribution in [2.24, 2.45) is 5.10 Å². The first-order valence-electron chi connectivity index (χ1n) is 9.58. The molecule has 31 heavy (non-hydrogen) atoms. The van der Waals surface area contributed by atoms with Crippen LogP contribution in [0.15, 0.2) is 74.7 Å². The van der Waals surface area contributed by atoms with Crippen LogP contribution in [-0.4, -0.2) is 23.8 Å². The average Bonchev–Trinajstić information content (AvgIpc) is 2.78. The predicted molar refractivity (Wildman–Crippen MR) is 134 cm³/mol. The molecule has 0 radical (unpaired) electrons. The minimum Gasteiger partial charge on any atom is -0.506 e. The molecule has 0 saturated carbocycles. The number of phenols is 1. The smallest absolute Gasteiger partial charge is 0.259 e. The van der Waals surface area contributed by atoms with Crippen molar-refractivity contribution in [1.29, 1.82) is 0 Å². The molecule has 4 aromatic carbocycles. The minimum absolute atomic E-state index is 0.0699. The van der Waals surface area contributed by atoms with Crippen LogP contribution >= 0.6 is 31.9 Å². The van der Waals surface area contributed by atoms with Crippen molar-refractivity contribution in [3.8, 4) is 5.75 Å². The molecule has 156 valence electrons. The highest BCUT2D eigenvalue weighted by atomic mass is 79.9. The number of halogens is 2. The second-order valence-corrected chi connectivity index (χ2v) is 8.79. The van der Waals surface area contributed by atoms with Gasteiger partial charge in [0.05, 0.1) is 17.2 Å². The van der Waals surface area contributed by atoms with E-state index in [-0.39, 0.29) is 18.2 Å². The molecule has 5 nitrogen and oxygen atoms in total. The number of carbonyl (C=O) groups excluding carboxylic acids is 1. The van der Waals surface area contributed by atoms with Gasteiger partial charge < -0.3 is 10.4 Å². The SMILES string of the molecule is Cc1c(Br)cc(/C=N\NC(=O)CNc2ccc3cc4ccccc4cc3c2)c(O)c1Br. The summed E-state index contributed by atoms with van der Waals surface area (Å²) in [7, 11) is 0. The van der Waals surface area contributed by atoms with E-state index in [0.717, 1.165) is 26.5 Å². The van der Waals surface area contributed by atoms with Gasteiger partial charge in [-0.15, -0.1) is 0 Å². The molecule has 0 saturated heterocycles. The Bertz CT molecular complexity index is 1340. The second-order valence-electron chi connectivity index (χ2n) is 7.14. The molecule has 3 N–H and O–H groups in total. The van der Waals surface area contributed by atoms with E-state index in [1.54, 1.807) is 6.07 Å². The third-order valence-corrected chi connectivity index (χ3v) is 6.80. The summed E-state index contributed by atoms with van der Waals surface area (Å²) >= 11 is 6.78. The van der Waals surface area contributed by atoms with Gasteiger partial charge in [0.25, 0.3) is 5.91 Å². The highest BCUT2D eigenvalue weighted by molar-refractivity contribution is 9.11. The summed E-state index contributed by atoms with van der Waals surface area (Å²) in [4.78, 5) is 12.1. The molecule has 0 heterocycles. The molecule has 1 amide bonds. The summed E-state index contributed by atoms with van der Waals surface area (Å²) in [6, 6.07) is 20.3. The number of phenolic OH excluding ortho intramolecular Hbond substituents is 1. The van der Waals surface area contributed by atoms with Crippen molar-refractivity contribution >= 4 is 71.2 Å². The van der Waals surface area contributed by atoms with Gasteiger partial charge in [0, 0.05) is 15.7 Å². The van der Waals surface area contributed by atoms with E-state index in [4.69, 9.17) is 0 Å². The largest absolute Gasteiger partial charge is 0.506 e. The average molecular weight is 541 g/mol. The van der Waals surface area contributed by atoms with Crippen LogP contribution in [0.5, 0.6) is 5.75 Å². The number of nitrogens with one attached hydrogen (secondary N) is 2. The Hall–Kier alpha value is -2.90. The highest BCUT2D eigenvalue weighted by Gasteiger charge is 2.10. The molecule has 0 aromatic heterocycles. The van der Waals surface area contributed by atoms with Crippen molar-refractivity contribution in [2.75, 3.05) is 11.9 Å². The number of anilines is 1. The zero-order chi connectivity index (χ0) is 22.0. The van der Waals surface area contributed by atoms with Gasteiger partial charge >= 0.3 is 0 Å². The van der Waals surface area contributed by atoms with Crippen molar-refractivity contribution in [3.05, 3.63) is 80.7 Å². The van der Waals surface area contributed by atoms with Crippen LogP contribution in [0.1, 0.15) is 11.1 Å². The topological polar surface area (TPSA) is 73.7 Å². The summed E-state index contributed by atoms with van der Waals surface area (Å²) in [5.74, 6) is -0.222. The standard InChI is InChI=1S/C24H19Br2N3O2/c1-14-21(25)11-19(24(31)23(14)26)12-28-29-22(30)13-27-20-7-6-17-8-15-4-2-3-5-16(15)9-18(17)10-20/h2-12,27,31H,13H2,1H3,(H,29,30)/b28-12-. The third-order valence-electron chi connectivity index (χ3n) is 5.00. The number of hydrogen-bond donors (Lipinski definition) is 3. The van der Waals surface area contributed by atoms with E-state index in [0.29, 0.717) is 10.0 Å². The predicted octanol–water partition coefficient (Wildman–Crippen LogP) is 6.09. The Balaban J connectivity index is 1.40. The van der Waals surface area contributed by atoms with Crippen LogP contribution < -0.4 is 10.7 Å². The van der Waals surface area contributed by atoms with Gasteiger partial charge in [-0.05, 0) is 80.3 Å². The monoisotopic (exact) mass is 539 g/mol. The van der Waals surface area contributed by atoms with Crippen molar-refractivity contribution < 1.29 is 9.90 Å². The van der Waals surface area contributed by atoms with Crippen molar-refractivity contribution in [1.82, 2.24) is 5.43 Å². The molecule has 0 bridgehead atoms. The Morgan fingerprint density at radius 3 is 2.42 bits per heavy atom. The zero-order valence-corrected chi connectivity index (χ0v) is 19.8. The fraction of sp³-hybridized carbons (Fsp3) is 0.0833. The fourth-order valence-electron chi connectivity index (χ4n) is 3.27. The summed E-state index contributed by atoms with van der Waals surface area (Å²) in [5, 5.41) is 21.9. The van der Waals surface area contributed by atoms with Crippen LogP contribution in [0.4, 0.5) is 5.69 Å². The Labute approximate surface area is 196 Å². The van der Waals surface area contributed by atoms with Crippen LogP contribution in [0, 0.1) is 6.92 Å². The lowest BCUT2D eigenvalue weighted by Gasteiger charge is -2.09. The van der Waals surface area contributed by atoms with Gasteiger partial charge in [-0.2, -0.15) is 5.10 Å². The number of hydrazone groups is 1. The number of rotatable bonds is 5. The molecular formula is C24H19Br2N3O2.